The molecule has 0 unspecified atom stereocenters. The Labute approximate surface area is 104 Å². The van der Waals surface area contributed by atoms with Crippen molar-refractivity contribution in [2.75, 3.05) is 0 Å². The molecule has 2 aromatic rings. The molecule has 0 aliphatic carbocycles. The van der Waals surface area contributed by atoms with E-state index in [9.17, 15) is 0 Å². The monoisotopic (exact) mass is 255 g/mol. The third kappa shape index (κ3) is 2.38. The van der Waals surface area contributed by atoms with Crippen molar-refractivity contribution in [1.82, 2.24) is 9.78 Å². The molecule has 0 saturated heterocycles. The SMILES string of the molecule is NCc1ccnn1Cc1ccc(Cl)cc1Cl. The first-order valence-corrected chi connectivity index (χ1v) is 5.61. The summed E-state index contributed by atoms with van der Waals surface area (Å²) in [5, 5.41) is 5.47. The highest BCUT2D eigenvalue weighted by Crippen LogP contribution is 2.21. The van der Waals surface area contributed by atoms with Crippen LogP contribution in [0.4, 0.5) is 0 Å². The summed E-state index contributed by atoms with van der Waals surface area (Å²) >= 11 is 11.9. The molecule has 3 nitrogen and oxygen atoms in total. The fourth-order valence-electron chi connectivity index (χ4n) is 1.49. The van der Waals surface area contributed by atoms with Crippen LogP contribution in [0.2, 0.25) is 10.0 Å². The van der Waals surface area contributed by atoms with E-state index in [2.05, 4.69) is 5.10 Å². The Morgan fingerprint density at radius 3 is 2.75 bits per heavy atom. The van der Waals surface area contributed by atoms with E-state index in [1.54, 1.807) is 12.3 Å². The Hall–Kier alpha value is -1.03. The highest BCUT2D eigenvalue weighted by atomic mass is 35.5. The minimum Gasteiger partial charge on any atom is -0.325 e. The number of nitrogens with two attached hydrogens (primary N) is 1. The Morgan fingerprint density at radius 2 is 2.06 bits per heavy atom. The molecule has 0 aliphatic heterocycles. The molecule has 0 amide bonds. The third-order valence-corrected chi connectivity index (χ3v) is 2.94. The van der Waals surface area contributed by atoms with E-state index in [1.807, 2.05) is 22.9 Å². The minimum atomic E-state index is 0.464. The van der Waals surface area contributed by atoms with Gasteiger partial charge in [-0.1, -0.05) is 29.3 Å². The molecule has 0 saturated carbocycles. The molecular formula is C11H11Cl2N3. The van der Waals surface area contributed by atoms with Gasteiger partial charge >= 0.3 is 0 Å². The summed E-state index contributed by atoms with van der Waals surface area (Å²) in [4.78, 5) is 0. The maximum Gasteiger partial charge on any atom is 0.0677 e. The molecule has 0 spiro atoms. The summed E-state index contributed by atoms with van der Waals surface area (Å²) in [6, 6.07) is 7.33. The van der Waals surface area contributed by atoms with Gasteiger partial charge in [0.2, 0.25) is 0 Å². The first-order chi connectivity index (χ1) is 7.70. The number of hydrogen-bond donors (Lipinski definition) is 1. The number of nitrogens with zero attached hydrogens (tertiary/aromatic N) is 2. The maximum absolute atomic E-state index is 6.09. The van der Waals surface area contributed by atoms with Gasteiger partial charge in [-0.15, -0.1) is 0 Å². The van der Waals surface area contributed by atoms with Crippen molar-refractivity contribution >= 4 is 23.2 Å². The minimum absolute atomic E-state index is 0.464. The molecule has 84 valence electrons. The molecule has 1 heterocycles. The summed E-state index contributed by atoms with van der Waals surface area (Å²) < 4.78 is 1.83. The highest BCUT2D eigenvalue weighted by molar-refractivity contribution is 6.35. The van der Waals surface area contributed by atoms with Gasteiger partial charge < -0.3 is 5.73 Å². The first-order valence-electron chi connectivity index (χ1n) is 4.85. The van der Waals surface area contributed by atoms with Crippen molar-refractivity contribution < 1.29 is 0 Å². The van der Waals surface area contributed by atoms with Crippen LogP contribution >= 0.6 is 23.2 Å². The van der Waals surface area contributed by atoms with Crippen molar-refractivity contribution in [3.05, 3.63) is 51.8 Å². The zero-order valence-electron chi connectivity index (χ0n) is 8.53. The summed E-state index contributed by atoms with van der Waals surface area (Å²) in [6.07, 6.45) is 1.73. The number of aromatic nitrogens is 2. The summed E-state index contributed by atoms with van der Waals surface area (Å²) in [7, 11) is 0. The average molecular weight is 256 g/mol. The molecule has 1 aromatic carbocycles. The number of rotatable bonds is 3. The third-order valence-electron chi connectivity index (χ3n) is 2.35. The van der Waals surface area contributed by atoms with Gasteiger partial charge in [0.1, 0.15) is 0 Å². The maximum atomic E-state index is 6.09. The van der Waals surface area contributed by atoms with Gasteiger partial charge in [0.15, 0.2) is 0 Å². The normalized spacial score (nSPS) is 10.7. The molecule has 0 radical (unpaired) electrons. The quantitative estimate of drug-likeness (QED) is 0.917. The van der Waals surface area contributed by atoms with Crippen LogP contribution in [-0.4, -0.2) is 9.78 Å². The molecule has 0 atom stereocenters. The average Bonchev–Trinajstić information content (AvgIpc) is 2.69. The van der Waals surface area contributed by atoms with Gasteiger partial charge in [-0.2, -0.15) is 5.10 Å². The van der Waals surface area contributed by atoms with Crippen LogP contribution < -0.4 is 5.73 Å². The van der Waals surface area contributed by atoms with Crippen LogP contribution in [0.15, 0.2) is 30.5 Å². The van der Waals surface area contributed by atoms with Crippen LogP contribution in [0.25, 0.3) is 0 Å². The Balaban J connectivity index is 2.27. The number of hydrogen-bond acceptors (Lipinski definition) is 2. The van der Waals surface area contributed by atoms with E-state index in [4.69, 9.17) is 28.9 Å². The van der Waals surface area contributed by atoms with Crippen molar-refractivity contribution in [3.8, 4) is 0 Å². The Morgan fingerprint density at radius 1 is 1.25 bits per heavy atom. The predicted octanol–water partition coefficient (Wildman–Crippen LogP) is 2.70. The van der Waals surface area contributed by atoms with E-state index >= 15 is 0 Å². The summed E-state index contributed by atoms with van der Waals surface area (Å²) in [6.45, 7) is 1.07. The van der Waals surface area contributed by atoms with Gasteiger partial charge in [-0.3, -0.25) is 4.68 Å². The van der Waals surface area contributed by atoms with Crippen LogP contribution in [-0.2, 0) is 13.1 Å². The van der Waals surface area contributed by atoms with Gasteiger partial charge in [0, 0.05) is 22.8 Å². The summed E-state index contributed by atoms with van der Waals surface area (Å²) in [5.74, 6) is 0. The molecule has 5 heteroatoms. The molecule has 0 bridgehead atoms. The van der Waals surface area contributed by atoms with E-state index < -0.39 is 0 Å². The van der Waals surface area contributed by atoms with E-state index in [0.717, 1.165) is 11.3 Å². The molecule has 16 heavy (non-hydrogen) atoms. The van der Waals surface area contributed by atoms with Gasteiger partial charge in [0.25, 0.3) is 0 Å². The van der Waals surface area contributed by atoms with E-state index in [-0.39, 0.29) is 0 Å². The lowest BCUT2D eigenvalue weighted by molar-refractivity contribution is 0.646. The second kappa shape index (κ2) is 4.87. The molecule has 2 N–H and O–H groups in total. The topological polar surface area (TPSA) is 43.8 Å². The van der Waals surface area contributed by atoms with Crippen LogP contribution in [0.3, 0.4) is 0 Å². The lowest BCUT2D eigenvalue weighted by Gasteiger charge is -2.08. The van der Waals surface area contributed by atoms with Crippen molar-refractivity contribution in [3.63, 3.8) is 0 Å². The van der Waals surface area contributed by atoms with E-state index in [0.29, 0.717) is 23.1 Å². The van der Waals surface area contributed by atoms with Crippen molar-refractivity contribution in [2.45, 2.75) is 13.1 Å². The van der Waals surface area contributed by atoms with Crippen LogP contribution in [0, 0.1) is 0 Å². The molecule has 0 aliphatic rings. The van der Waals surface area contributed by atoms with Crippen LogP contribution in [0.5, 0.6) is 0 Å². The van der Waals surface area contributed by atoms with E-state index in [1.165, 1.54) is 0 Å². The van der Waals surface area contributed by atoms with Gasteiger partial charge in [-0.05, 0) is 23.8 Å². The highest BCUT2D eigenvalue weighted by Gasteiger charge is 2.05. The fourth-order valence-corrected chi connectivity index (χ4v) is 1.96. The molecule has 0 fully saturated rings. The van der Waals surface area contributed by atoms with Gasteiger partial charge in [-0.25, -0.2) is 0 Å². The number of benzene rings is 1. The Bertz CT molecular complexity index is 494. The molecule has 2 rings (SSSR count). The van der Waals surface area contributed by atoms with Crippen LogP contribution in [0.1, 0.15) is 11.3 Å². The first kappa shape index (κ1) is 11.5. The second-order valence-corrected chi connectivity index (χ2v) is 4.26. The summed E-state index contributed by atoms with van der Waals surface area (Å²) in [5.41, 5.74) is 7.55. The van der Waals surface area contributed by atoms with Crippen molar-refractivity contribution in [1.29, 1.82) is 0 Å². The predicted molar refractivity (Wildman–Crippen MR) is 65.7 cm³/mol. The van der Waals surface area contributed by atoms with Crippen molar-refractivity contribution in [2.24, 2.45) is 5.73 Å². The fraction of sp³-hybridized carbons (Fsp3) is 0.182. The van der Waals surface area contributed by atoms with Gasteiger partial charge in [0.05, 0.1) is 12.2 Å². The molecule has 1 aromatic heterocycles. The largest absolute Gasteiger partial charge is 0.325 e. The standard InChI is InChI=1S/C11H11Cl2N3/c12-9-2-1-8(11(13)5-9)7-16-10(6-14)3-4-15-16/h1-5H,6-7,14H2. The molecular weight excluding hydrogens is 245 g/mol. The lowest BCUT2D eigenvalue weighted by atomic mass is 10.2. The lowest BCUT2D eigenvalue weighted by Crippen LogP contribution is -2.09. The second-order valence-electron chi connectivity index (χ2n) is 3.42. The smallest absolute Gasteiger partial charge is 0.0677 e. The Kier molecular flexibility index (Phi) is 3.49. The zero-order chi connectivity index (χ0) is 11.5. The number of halogens is 2. The zero-order valence-corrected chi connectivity index (χ0v) is 10.0.